The van der Waals surface area contributed by atoms with E-state index in [1.807, 2.05) is 44.2 Å². The van der Waals surface area contributed by atoms with Crippen molar-refractivity contribution in [3.63, 3.8) is 0 Å². The smallest absolute Gasteiger partial charge is 0.173 e. The number of anilines is 1. The third kappa shape index (κ3) is 2.88. The van der Waals surface area contributed by atoms with Crippen molar-refractivity contribution in [2.24, 2.45) is 0 Å². The van der Waals surface area contributed by atoms with Crippen LogP contribution in [0.2, 0.25) is 0 Å². The van der Waals surface area contributed by atoms with Crippen LogP contribution in [0.25, 0.3) is 11.3 Å². The zero-order valence-corrected chi connectivity index (χ0v) is 10.5. The molecule has 1 aromatic carbocycles. The molecule has 0 bridgehead atoms. The van der Waals surface area contributed by atoms with Crippen LogP contribution in [0.3, 0.4) is 0 Å². The van der Waals surface area contributed by atoms with Crippen LogP contribution in [0.1, 0.15) is 13.8 Å². The van der Waals surface area contributed by atoms with E-state index in [2.05, 4.69) is 15.4 Å². The maximum Gasteiger partial charge on any atom is 0.173 e. The number of benzene rings is 1. The summed E-state index contributed by atoms with van der Waals surface area (Å²) in [6, 6.07) is 7.62. The lowest BCUT2D eigenvalue weighted by Crippen LogP contribution is -1.95. The average molecular weight is 244 g/mol. The first-order chi connectivity index (χ1) is 8.66. The van der Waals surface area contributed by atoms with Gasteiger partial charge >= 0.3 is 0 Å². The fraction of sp³-hybridized carbons (Fsp3) is 0.231. The molecule has 3 N–H and O–H groups in total. The van der Waals surface area contributed by atoms with Gasteiger partial charge in [0.1, 0.15) is 18.1 Å². The van der Waals surface area contributed by atoms with Gasteiger partial charge in [-0.05, 0) is 32.1 Å². The monoisotopic (exact) mass is 244 g/mol. The lowest BCUT2D eigenvalue weighted by Gasteiger charge is -2.05. The first kappa shape index (κ1) is 12.2. The number of aromatic nitrogens is 3. The van der Waals surface area contributed by atoms with E-state index in [-0.39, 0.29) is 0 Å². The second kappa shape index (κ2) is 5.35. The highest BCUT2D eigenvalue weighted by molar-refractivity contribution is 5.70. The maximum atomic E-state index is 5.71. The summed E-state index contributed by atoms with van der Waals surface area (Å²) in [7, 11) is 0. The summed E-state index contributed by atoms with van der Waals surface area (Å²) in [6.07, 6.45) is 2.02. The zero-order chi connectivity index (χ0) is 13.0. The van der Waals surface area contributed by atoms with Crippen molar-refractivity contribution in [3.05, 3.63) is 35.9 Å². The van der Waals surface area contributed by atoms with Gasteiger partial charge < -0.3 is 10.5 Å². The predicted molar refractivity (Wildman–Crippen MR) is 71.2 cm³/mol. The molecule has 0 aliphatic rings. The van der Waals surface area contributed by atoms with Crippen LogP contribution in [0.5, 0.6) is 5.75 Å². The first-order valence-corrected chi connectivity index (χ1v) is 5.69. The van der Waals surface area contributed by atoms with E-state index in [0.29, 0.717) is 18.1 Å². The molecular formula is C13H16N4O. The van der Waals surface area contributed by atoms with Crippen LogP contribution < -0.4 is 10.5 Å². The maximum absolute atomic E-state index is 5.71. The van der Waals surface area contributed by atoms with E-state index >= 15 is 0 Å². The van der Waals surface area contributed by atoms with Crippen molar-refractivity contribution in [1.29, 1.82) is 0 Å². The molecule has 0 fully saturated rings. The van der Waals surface area contributed by atoms with Crippen LogP contribution in [0.15, 0.2) is 35.9 Å². The molecule has 0 amide bonds. The average Bonchev–Trinajstić information content (AvgIpc) is 2.75. The fourth-order valence-electron chi connectivity index (χ4n) is 1.49. The number of allylic oxidation sites excluding steroid dienone is 1. The number of hydrogen-bond donors (Lipinski definition) is 2. The summed E-state index contributed by atoms with van der Waals surface area (Å²) in [4.78, 5) is 0. The number of ether oxygens (including phenoxy) is 1. The molecule has 0 atom stereocenters. The SMILES string of the molecule is CC(C)=CCOc1cccc(-c2n[nH]nc2N)c1. The van der Waals surface area contributed by atoms with Crippen molar-refractivity contribution >= 4 is 5.82 Å². The highest BCUT2D eigenvalue weighted by atomic mass is 16.5. The summed E-state index contributed by atoms with van der Waals surface area (Å²) in [5.74, 6) is 1.17. The Balaban J connectivity index is 2.16. The zero-order valence-electron chi connectivity index (χ0n) is 10.5. The predicted octanol–water partition coefficient (Wildman–Crippen LogP) is 2.40. The Morgan fingerprint density at radius 3 is 2.89 bits per heavy atom. The summed E-state index contributed by atoms with van der Waals surface area (Å²) < 4.78 is 5.62. The molecular weight excluding hydrogens is 228 g/mol. The van der Waals surface area contributed by atoms with Crippen LogP contribution in [0, 0.1) is 0 Å². The molecule has 2 rings (SSSR count). The Kier molecular flexibility index (Phi) is 3.62. The Bertz CT molecular complexity index is 556. The number of hydrogen-bond acceptors (Lipinski definition) is 4. The Labute approximate surface area is 106 Å². The second-order valence-corrected chi connectivity index (χ2v) is 4.18. The normalized spacial score (nSPS) is 10.1. The first-order valence-electron chi connectivity index (χ1n) is 5.69. The molecule has 0 unspecified atom stereocenters. The number of aromatic amines is 1. The molecule has 0 saturated carbocycles. The van der Waals surface area contributed by atoms with Crippen molar-refractivity contribution in [1.82, 2.24) is 15.4 Å². The highest BCUT2D eigenvalue weighted by Crippen LogP contribution is 2.24. The van der Waals surface area contributed by atoms with Gasteiger partial charge in [-0.3, -0.25) is 0 Å². The lowest BCUT2D eigenvalue weighted by molar-refractivity contribution is 0.362. The number of nitrogen functional groups attached to an aromatic ring is 1. The van der Waals surface area contributed by atoms with Crippen molar-refractivity contribution in [2.75, 3.05) is 12.3 Å². The largest absolute Gasteiger partial charge is 0.490 e. The summed E-state index contributed by atoms with van der Waals surface area (Å²) >= 11 is 0. The Morgan fingerprint density at radius 2 is 2.22 bits per heavy atom. The molecule has 0 aliphatic carbocycles. The van der Waals surface area contributed by atoms with E-state index in [1.165, 1.54) is 5.57 Å². The van der Waals surface area contributed by atoms with Crippen LogP contribution >= 0.6 is 0 Å². The summed E-state index contributed by atoms with van der Waals surface area (Å²) in [5, 5.41) is 10.3. The van der Waals surface area contributed by atoms with Gasteiger partial charge in [-0.15, -0.1) is 5.10 Å². The molecule has 18 heavy (non-hydrogen) atoms. The molecule has 1 heterocycles. The van der Waals surface area contributed by atoms with Crippen molar-refractivity contribution in [2.45, 2.75) is 13.8 Å². The topological polar surface area (TPSA) is 76.8 Å². The second-order valence-electron chi connectivity index (χ2n) is 4.18. The van der Waals surface area contributed by atoms with E-state index in [9.17, 15) is 0 Å². The summed E-state index contributed by atoms with van der Waals surface area (Å²) in [5.41, 5.74) is 8.46. The molecule has 2 aromatic rings. The van der Waals surface area contributed by atoms with E-state index < -0.39 is 0 Å². The van der Waals surface area contributed by atoms with Gasteiger partial charge in [-0.2, -0.15) is 10.3 Å². The fourth-order valence-corrected chi connectivity index (χ4v) is 1.49. The molecule has 0 radical (unpaired) electrons. The van der Waals surface area contributed by atoms with Gasteiger partial charge in [0.05, 0.1) is 0 Å². The van der Waals surface area contributed by atoms with E-state index in [1.54, 1.807) is 0 Å². The number of rotatable bonds is 4. The minimum atomic E-state index is 0.386. The van der Waals surface area contributed by atoms with E-state index in [0.717, 1.165) is 11.3 Å². The third-order valence-corrected chi connectivity index (χ3v) is 2.42. The molecule has 0 aliphatic heterocycles. The van der Waals surface area contributed by atoms with Crippen LogP contribution in [-0.4, -0.2) is 22.0 Å². The molecule has 0 spiro atoms. The minimum Gasteiger partial charge on any atom is -0.490 e. The summed E-state index contributed by atoms with van der Waals surface area (Å²) in [6.45, 7) is 4.63. The number of nitrogens with zero attached hydrogens (tertiary/aromatic N) is 2. The number of nitrogens with one attached hydrogen (secondary N) is 1. The van der Waals surface area contributed by atoms with Crippen molar-refractivity contribution < 1.29 is 4.74 Å². The van der Waals surface area contributed by atoms with Gasteiger partial charge in [-0.1, -0.05) is 17.7 Å². The standard InChI is InChI=1S/C13H16N4O/c1-9(2)6-7-18-11-5-3-4-10(8-11)12-13(14)16-17-15-12/h3-6,8H,7H2,1-2H3,(H3,14,15,16,17). The number of H-pyrrole nitrogens is 1. The highest BCUT2D eigenvalue weighted by Gasteiger charge is 2.07. The molecule has 5 heteroatoms. The van der Waals surface area contributed by atoms with E-state index in [4.69, 9.17) is 10.5 Å². The molecule has 5 nitrogen and oxygen atoms in total. The lowest BCUT2D eigenvalue weighted by atomic mass is 10.1. The van der Waals surface area contributed by atoms with Gasteiger partial charge in [0.15, 0.2) is 5.82 Å². The van der Waals surface area contributed by atoms with Crippen molar-refractivity contribution in [3.8, 4) is 17.0 Å². The third-order valence-electron chi connectivity index (χ3n) is 2.42. The van der Waals surface area contributed by atoms with Gasteiger partial charge in [0, 0.05) is 5.56 Å². The number of nitrogens with two attached hydrogens (primary N) is 1. The van der Waals surface area contributed by atoms with Gasteiger partial charge in [0.2, 0.25) is 0 Å². The minimum absolute atomic E-state index is 0.386. The van der Waals surface area contributed by atoms with Crippen LogP contribution in [-0.2, 0) is 0 Å². The Hall–Kier alpha value is -2.30. The van der Waals surface area contributed by atoms with Gasteiger partial charge in [-0.25, -0.2) is 0 Å². The molecule has 1 aromatic heterocycles. The van der Waals surface area contributed by atoms with Crippen LogP contribution in [0.4, 0.5) is 5.82 Å². The quantitative estimate of drug-likeness (QED) is 0.810. The molecule has 0 saturated heterocycles. The Morgan fingerprint density at radius 1 is 1.39 bits per heavy atom. The van der Waals surface area contributed by atoms with Gasteiger partial charge in [0.25, 0.3) is 0 Å². The molecule has 94 valence electrons.